The van der Waals surface area contributed by atoms with Crippen LogP contribution in [0.15, 0.2) is 30.3 Å². The summed E-state index contributed by atoms with van der Waals surface area (Å²) in [6.45, 7) is 5.00. The molecular formula is C30H43N3O12. The van der Waals surface area contributed by atoms with Gasteiger partial charge in [0.2, 0.25) is 11.8 Å². The van der Waals surface area contributed by atoms with E-state index < -0.39 is 60.6 Å². The second-order valence-electron chi connectivity index (χ2n) is 10.3. The Balaban J connectivity index is 1.78. The highest BCUT2D eigenvalue weighted by Gasteiger charge is 2.51. The molecule has 3 N–H and O–H groups in total. The Morgan fingerprint density at radius 3 is 2.09 bits per heavy atom. The minimum atomic E-state index is -1.19. The molecule has 0 bridgehead atoms. The third kappa shape index (κ3) is 14.9. The summed E-state index contributed by atoms with van der Waals surface area (Å²) in [5.74, 6) is -2.78. The van der Waals surface area contributed by atoms with Crippen LogP contribution in [0.2, 0.25) is 0 Å². The van der Waals surface area contributed by atoms with Crippen molar-refractivity contribution in [1.29, 1.82) is 0 Å². The van der Waals surface area contributed by atoms with E-state index in [1.807, 2.05) is 30.3 Å². The molecular weight excluding hydrogens is 594 g/mol. The summed E-state index contributed by atoms with van der Waals surface area (Å²) in [6, 6.07) is 8.15. The maximum Gasteiger partial charge on any atom is 0.407 e. The van der Waals surface area contributed by atoms with Crippen LogP contribution in [0.4, 0.5) is 4.79 Å². The van der Waals surface area contributed by atoms with Crippen molar-refractivity contribution in [2.24, 2.45) is 0 Å². The quantitative estimate of drug-likeness (QED) is 0.126. The SMILES string of the molecule is CC(=O)NC1[C@H](OCCCCCCNC(=O)CNC(=O)OCc2ccccc2)OC(COC(C)=O)[C@H](OC(C)=O)[C@@H]1OC(C)=O. The molecule has 1 aromatic carbocycles. The number of unbranched alkanes of at least 4 members (excludes halogenated alkanes) is 3. The summed E-state index contributed by atoms with van der Waals surface area (Å²) in [7, 11) is 0. The molecule has 0 saturated carbocycles. The third-order valence-corrected chi connectivity index (χ3v) is 6.35. The van der Waals surface area contributed by atoms with Crippen molar-refractivity contribution in [3.8, 4) is 0 Å². The van der Waals surface area contributed by atoms with E-state index in [0.29, 0.717) is 19.4 Å². The van der Waals surface area contributed by atoms with Gasteiger partial charge in [0.25, 0.3) is 0 Å². The first kappa shape index (κ1) is 36.9. The zero-order valence-electron chi connectivity index (χ0n) is 26.0. The topological polar surface area (TPSA) is 194 Å². The smallest absolute Gasteiger partial charge is 0.407 e. The highest BCUT2D eigenvalue weighted by molar-refractivity contribution is 5.82. The van der Waals surface area contributed by atoms with Gasteiger partial charge in [-0.05, 0) is 18.4 Å². The van der Waals surface area contributed by atoms with Crippen LogP contribution in [0.1, 0.15) is 58.9 Å². The molecule has 2 rings (SSSR count). The Labute approximate surface area is 261 Å². The third-order valence-electron chi connectivity index (χ3n) is 6.35. The number of ether oxygens (including phenoxy) is 6. The predicted octanol–water partition coefficient (Wildman–Crippen LogP) is 1.26. The molecule has 15 heteroatoms. The van der Waals surface area contributed by atoms with E-state index in [2.05, 4.69) is 16.0 Å². The molecule has 2 unspecified atom stereocenters. The van der Waals surface area contributed by atoms with Crippen LogP contribution in [0, 0.1) is 0 Å². The van der Waals surface area contributed by atoms with E-state index in [1.165, 1.54) is 20.8 Å². The molecule has 5 atom stereocenters. The average molecular weight is 638 g/mol. The van der Waals surface area contributed by atoms with Crippen molar-refractivity contribution in [2.45, 2.75) is 90.6 Å². The summed E-state index contributed by atoms with van der Waals surface area (Å²) in [5.41, 5.74) is 0.837. The lowest BCUT2D eigenvalue weighted by atomic mass is 9.96. The molecule has 0 aromatic heterocycles. The molecule has 0 radical (unpaired) electrons. The fraction of sp³-hybridized carbons (Fsp3) is 0.600. The maximum absolute atomic E-state index is 12.0. The maximum atomic E-state index is 12.0. The largest absolute Gasteiger partial charge is 0.463 e. The molecule has 1 saturated heterocycles. The number of amides is 3. The number of nitrogens with one attached hydrogen (secondary N) is 3. The summed E-state index contributed by atoms with van der Waals surface area (Å²) in [6.07, 6.45) is -2.44. The van der Waals surface area contributed by atoms with E-state index in [-0.39, 0.29) is 32.3 Å². The second-order valence-corrected chi connectivity index (χ2v) is 10.3. The van der Waals surface area contributed by atoms with Crippen molar-refractivity contribution >= 4 is 35.8 Å². The van der Waals surface area contributed by atoms with Crippen molar-refractivity contribution < 1.29 is 57.2 Å². The fourth-order valence-electron chi connectivity index (χ4n) is 4.43. The Morgan fingerprint density at radius 1 is 0.778 bits per heavy atom. The lowest BCUT2D eigenvalue weighted by molar-refractivity contribution is -0.277. The molecule has 0 aliphatic carbocycles. The van der Waals surface area contributed by atoms with Crippen LogP contribution >= 0.6 is 0 Å². The van der Waals surface area contributed by atoms with Gasteiger partial charge in [0.15, 0.2) is 18.5 Å². The average Bonchev–Trinajstić information content (AvgIpc) is 2.97. The fourth-order valence-corrected chi connectivity index (χ4v) is 4.43. The first-order valence-corrected chi connectivity index (χ1v) is 14.7. The number of hydrogen-bond acceptors (Lipinski definition) is 12. The molecule has 1 aromatic rings. The lowest BCUT2D eigenvalue weighted by Crippen LogP contribution is -2.66. The molecule has 15 nitrogen and oxygen atoms in total. The summed E-state index contributed by atoms with van der Waals surface area (Å²) >= 11 is 0. The molecule has 0 spiro atoms. The van der Waals surface area contributed by atoms with Crippen LogP contribution in [-0.4, -0.2) is 92.8 Å². The Kier molecular flexibility index (Phi) is 16.4. The first-order chi connectivity index (χ1) is 21.5. The first-order valence-electron chi connectivity index (χ1n) is 14.7. The van der Waals surface area contributed by atoms with E-state index in [4.69, 9.17) is 28.4 Å². The van der Waals surface area contributed by atoms with E-state index in [9.17, 15) is 28.8 Å². The van der Waals surface area contributed by atoms with Crippen LogP contribution in [-0.2, 0) is 59.0 Å². The molecule has 1 aliphatic heterocycles. The highest BCUT2D eigenvalue weighted by Crippen LogP contribution is 2.28. The Bertz CT molecular complexity index is 1130. The highest BCUT2D eigenvalue weighted by atomic mass is 16.7. The Morgan fingerprint density at radius 2 is 1.44 bits per heavy atom. The zero-order valence-corrected chi connectivity index (χ0v) is 26.0. The van der Waals surface area contributed by atoms with Gasteiger partial charge in [-0.25, -0.2) is 4.79 Å². The van der Waals surface area contributed by atoms with Gasteiger partial charge in [-0.3, -0.25) is 24.0 Å². The van der Waals surface area contributed by atoms with Gasteiger partial charge in [0.1, 0.15) is 25.4 Å². The zero-order chi connectivity index (χ0) is 33.2. The number of carbonyl (C=O) groups excluding carboxylic acids is 6. The van der Waals surface area contributed by atoms with E-state index >= 15 is 0 Å². The molecule has 3 amide bonds. The lowest BCUT2D eigenvalue weighted by Gasteiger charge is -2.44. The minimum Gasteiger partial charge on any atom is -0.463 e. The normalized spacial score (nSPS) is 20.7. The predicted molar refractivity (Wildman–Crippen MR) is 156 cm³/mol. The molecule has 250 valence electrons. The number of esters is 3. The van der Waals surface area contributed by atoms with Crippen LogP contribution in [0.25, 0.3) is 0 Å². The monoisotopic (exact) mass is 637 g/mol. The molecule has 1 aliphatic rings. The van der Waals surface area contributed by atoms with Gasteiger partial charge in [0.05, 0.1) is 6.54 Å². The number of benzene rings is 1. The summed E-state index contributed by atoms with van der Waals surface area (Å²) in [5, 5.41) is 7.78. The van der Waals surface area contributed by atoms with Gasteiger partial charge in [-0.2, -0.15) is 0 Å². The molecule has 45 heavy (non-hydrogen) atoms. The summed E-state index contributed by atoms with van der Waals surface area (Å²) in [4.78, 5) is 71.0. The van der Waals surface area contributed by atoms with Crippen molar-refractivity contribution in [3.05, 3.63) is 35.9 Å². The van der Waals surface area contributed by atoms with Crippen LogP contribution in [0.5, 0.6) is 0 Å². The van der Waals surface area contributed by atoms with Crippen molar-refractivity contribution in [3.63, 3.8) is 0 Å². The van der Waals surface area contributed by atoms with Gasteiger partial charge < -0.3 is 44.4 Å². The molecule has 1 fully saturated rings. The van der Waals surface area contributed by atoms with Crippen LogP contribution in [0.3, 0.4) is 0 Å². The van der Waals surface area contributed by atoms with Gasteiger partial charge >= 0.3 is 24.0 Å². The second kappa shape index (κ2) is 19.9. The van der Waals surface area contributed by atoms with E-state index in [0.717, 1.165) is 25.3 Å². The van der Waals surface area contributed by atoms with Crippen molar-refractivity contribution in [2.75, 3.05) is 26.3 Å². The summed E-state index contributed by atoms with van der Waals surface area (Å²) < 4.78 is 32.8. The molecule has 1 heterocycles. The van der Waals surface area contributed by atoms with E-state index in [1.54, 1.807) is 0 Å². The van der Waals surface area contributed by atoms with Gasteiger partial charge in [-0.15, -0.1) is 0 Å². The van der Waals surface area contributed by atoms with Gasteiger partial charge in [0, 0.05) is 40.8 Å². The number of hydrogen-bond donors (Lipinski definition) is 3. The van der Waals surface area contributed by atoms with Gasteiger partial charge in [-0.1, -0.05) is 43.2 Å². The Hall–Kier alpha value is -4.24. The van der Waals surface area contributed by atoms with Crippen molar-refractivity contribution in [1.82, 2.24) is 16.0 Å². The minimum absolute atomic E-state index is 0.106. The number of carbonyl (C=O) groups is 6. The number of alkyl carbamates (subject to hydrolysis) is 1. The number of rotatable bonds is 17. The standard InChI is InChI=1S/C30H43N3O12/c1-19(34)33-26-28(44-22(4)37)27(43-21(3)36)24(18-41-20(2)35)45-29(26)40-15-11-6-5-10-14-31-25(38)16-32-30(39)42-17-23-12-8-7-9-13-23/h7-9,12-13,24,26-29H,5-6,10-11,14-18H2,1-4H3,(H,31,38)(H,32,39)(H,33,34)/t24?,26?,27-,28+,29+/m0/s1. The van der Waals surface area contributed by atoms with Crippen LogP contribution < -0.4 is 16.0 Å².